The molecule has 3 aromatic carbocycles. The summed E-state index contributed by atoms with van der Waals surface area (Å²) in [5.41, 5.74) is 5.14. The number of nitrogens with one attached hydrogen (secondary N) is 1. The molecular formula is C25H23N3O2. The van der Waals surface area contributed by atoms with Gasteiger partial charge in [-0.25, -0.2) is 4.68 Å². The van der Waals surface area contributed by atoms with E-state index in [9.17, 15) is 9.59 Å². The van der Waals surface area contributed by atoms with Crippen molar-refractivity contribution >= 4 is 22.4 Å². The van der Waals surface area contributed by atoms with E-state index < -0.39 is 0 Å². The summed E-state index contributed by atoms with van der Waals surface area (Å²) in [5, 5.41) is 9.59. The summed E-state index contributed by atoms with van der Waals surface area (Å²) in [6, 6.07) is 21.3. The number of hydrogen-bond donors (Lipinski definition) is 1. The highest BCUT2D eigenvalue weighted by atomic mass is 16.2. The number of amides is 1. The lowest BCUT2D eigenvalue weighted by atomic mass is 10.1. The smallest absolute Gasteiger partial charge is 0.267 e. The largest absolute Gasteiger partial charge is 0.324 e. The van der Waals surface area contributed by atoms with Crippen molar-refractivity contribution < 1.29 is 4.79 Å². The molecule has 4 aromatic rings. The third kappa shape index (κ3) is 4.01. The van der Waals surface area contributed by atoms with E-state index in [2.05, 4.69) is 10.4 Å². The van der Waals surface area contributed by atoms with Crippen molar-refractivity contribution in [2.45, 2.75) is 27.3 Å². The lowest BCUT2D eigenvalue weighted by molar-refractivity contribution is -0.117. The molecule has 1 amide bonds. The number of carbonyl (C=O) groups is 1. The number of benzene rings is 3. The van der Waals surface area contributed by atoms with Gasteiger partial charge in [0.2, 0.25) is 5.91 Å². The fraction of sp³-hybridized carbons (Fsp3) is 0.160. The number of hydrogen-bond acceptors (Lipinski definition) is 3. The molecule has 0 unspecified atom stereocenters. The van der Waals surface area contributed by atoms with Gasteiger partial charge in [0.05, 0.1) is 5.69 Å². The quantitative estimate of drug-likeness (QED) is 0.546. The molecule has 0 aliphatic heterocycles. The summed E-state index contributed by atoms with van der Waals surface area (Å²) in [7, 11) is 0. The molecule has 0 radical (unpaired) electrons. The van der Waals surface area contributed by atoms with Crippen molar-refractivity contribution in [2.75, 3.05) is 5.32 Å². The van der Waals surface area contributed by atoms with Crippen LogP contribution in [0.25, 0.3) is 22.0 Å². The van der Waals surface area contributed by atoms with Crippen LogP contribution < -0.4 is 10.9 Å². The summed E-state index contributed by atoms with van der Waals surface area (Å²) in [4.78, 5) is 24.9. The molecule has 5 nitrogen and oxygen atoms in total. The first-order valence-electron chi connectivity index (χ1n) is 9.86. The van der Waals surface area contributed by atoms with Gasteiger partial charge in [-0.15, -0.1) is 0 Å². The molecule has 0 aliphatic carbocycles. The second kappa shape index (κ2) is 7.95. The zero-order chi connectivity index (χ0) is 21.3. The van der Waals surface area contributed by atoms with Crippen LogP contribution in [0.5, 0.6) is 0 Å². The summed E-state index contributed by atoms with van der Waals surface area (Å²) < 4.78 is 1.21. The van der Waals surface area contributed by atoms with Crippen LogP contribution >= 0.6 is 0 Å². The van der Waals surface area contributed by atoms with Gasteiger partial charge in [-0.3, -0.25) is 9.59 Å². The molecule has 5 heteroatoms. The molecular weight excluding hydrogens is 374 g/mol. The summed E-state index contributed by atoms with van der Waals surface area (Å²) in [6.07, 6.45) is 0. The molecule has 1 heterocycles. The molecule has 1 aromatic heterocycles. The zero-order valence-corrected chi connectivity index (χ0v) is 17.3. The molecule has 0 saturated heterocycles. The monoisotopic (exact) mass is 397 g/mol. The molecule has 30 heavy (non-hydrogen) atoms. The molecule has 0 atom stereocenters. The maximum atomic E-state index is 12.6. The Morgan fingerprint density at radius 1 is 0.900 bits per heavy atom. The van der Waals surface area contributed by atoms with Crippen molar-refractivity contribution in [2.24, 2.45) is 0 Å². The van der Waals surface area contributed by atoms with E-state index in [1.165, 1.54) is 10.7 Å². The molecule has 0 saturated carbocycles. The van der Waals surface area contributed by atoms with E-state index in [1.54, 1.807) is 6.07 Å². The fourth-order valence-electron chi connectivity index (χ4n) is 3.76. The van der Waals surface area contributed by atoms with Crippen LogP contribution in [-0.4, -0.2) is 15.7 Å². The van der Waals surface area contributed by atoms with E-state index >= 15 is 0 Å². The number of carbonyl (C=O) groups excluding carboxylic acids is 1. The highest BCUT2D eigenvalue weighted by molar-refractivity contribution is 5.92. The van der Waals surface area contributed by atoms with Crippen LogP contribution in [0.2, 0.25) is 0 Å². The van der Waals surface area contributed by atoms with E-state index in [0.717, 1.165) is 38.7 Å². The molecule has 150 valence electrons. The van der Waals surface area contributed by atoms with Gasteiger partial charge in [-0.2, -0.15) is 5.10 Å². The van der Waals surface area contributed by atoms with Gasteiger partial charge in [-0.1, -0.05) is 54.1 Å². The van der Waals surface area contributed by atoms with Gasteiger partial charge >= 0.3 is 0 Å². The molecule has 0 fully saturated rings. The maximum Gasteiger partial charge on any atom is 0.267 e. The Kier molecular flexibility index (Phi) is 5.19. The summed E-state index contributed by atoms with van der Waals surface area (Å²) in [6.45, 7) is 5.79. The number of rotatable bonds is 4. The van der Waals surface area contributed by atoms with E-state index in [4.69, 9.17) is 0 Å². The molecule has 1 N–H and O–H groups in total. The Hall–Kier alpha value is -3.73. The topological polar surface area (TPSA) is 64.0 Å². The number of aromatic nitrogens is 2. The third-order valence-electron chi connectivity index (χ3n) is 5.15. The normalized spacial score (nSPS) is 10.9. The fourth-order valence-corrected chi connectivity index (χ4v) is 3.76. The SMILES string of the molecule is Cc1cc(C)c(NC(=O)Cn2nc(-c3ccc4ccccc4c3)ccc2=O)c(C)c1. The summed E-state index contributed by atoms with van der Waals surface area (Å²) >= 11 is 0. The lowest BCUT2D eigenvalue weighted by Crippen LogP contribution is -2.29. The average Bonchev–Trinajstić information content (AvgIpc) is 2.72. The van der Waals surface area contributed by atoms with Gasteiger partial charge in [0.15, 0.2) is 0 Å². The lowest BCUT2D eigenvalue weighted by Gasteiger charge is -2.13. The second-order valence-electron chi connectivity index (χ2n) is 7.60. The first kappa shape index (κ1) is 19.6. The number of anilines is 1. The van der Waals surface area contributed by atoms with Crippen LogP contribution in [0.3, 0.4) is 0 Å². The highest BCUT2D eigenvalue weighted by Crippen LogP contribution is 2.23. The second-order valence-corrected chi connectivity index (χ2v) is 7.60. The Labute approximate surface area is 175 Å². The van der Waals surface area contributed by atoms with Crippen molar-refractivity contribution in [3.8, 4) is 11.3 Å². The van der Waals surface area contributed by atoms with Gasteiger partial charge in [0, 0.05) is 17.3 Å². The first-order chi connectivity index (χ1) is 14.4. The van der Waals surface area contributed by atoms with Crippen molar-refractivity contribution in [3.63, 3.8) is 0 Å². The minimum atomic E-state index is -0.313. The number of fused-ring (bicyclic) bond motifs is 1. The van der Waals surface area contributed by atoms with Crippen LogP contribution in [0, 0.1) is 20.8 Å². The van der Waals surface area contributed by atoms with Gasteiger partial charge < -0.3 is 5.32 Å². The summed E-state index contributed by atoms with van der Waals surface area (Å²) in [5.74, 6) is -0.282. The van der Waals surface area contributed by atoms with E-state index in [1.807, 2.05) is 75.4 Å². The van der Waals surface area contributed by atoms with Crippen molar-refractivity contribution in [1.82, 2.24) is 9.78 Å². The Morgan fingerprint density at radius 3 is 2.33 bits per heavy atom. The third-order valence-corrected chi connectivity index (χ3v) is 5.15. The predicted octanol–water partition coefficient (Wildman–Crippen LogP) is 4.63. The van der Waals surface area contributed by atoms with Crippen LogP contribution in [0.4, 0.5) is 5.69 Å². The van der Waals surface area contributed by atoms with Gasteiger partial charge in [0.1, 0.15) is 6.54 Å². The van der Waals surface area contributed by atoms with Gasteiger partial charge in [-0.05, 0) is 54.8 Å². The number of nitrogens with zero attached hydrogens (tertiary/aromatic N) is 2. The maximum absolute atomic E-state index is 12.6. The van der Waals surface area contributed by atoms with Gasteiger partial charge in [0.25, 0.3) is 5.56 Å². The molecule has 0 bridgehead atoms. The van der Waals surface area contributed by atoms with E-state index in [0.29, 0.717) is 5.69 Å². The highest BCUT2D eigenvalue weighted by Gasteiger charge is 2.12. The predicted molar refractivity (Wildman–Crippen MR) is 121 cm³/mol. The molecule has 0 aliphatic rings. The van der Waals surface area contributed by atoms with Crippen molar-refractivity contribution in [3.05, 3.63) is 93.8 Å². The Morgan fingerprint density at radius 2 is 1.60 bits per heavy atom. The minimum Gasteiger partial charge on any atom is -0.324 e. The zero-order valence-electron chi connectivity index (χ0n) is 17.3. The van der Waals surface area contributed by atoms with Crippen LogP contribution in [0.15, 0.2) is 71.5 Å². The Bertz CT molecular complexity index is 1300. The van der Waals surface area contributed by atoms with Crippen LogP contribution in [-0.2, 0) is 11.3 Å². The van der Waals surface area contributed by atoms with E-state index in [-0.39, 0.29) is 18.0 Å². The standard InChI is InChI=1S/C25H23N3O2/c1-16-12-17(2)25(18(3)13-16)26-23(29)15-28-24(30)11-10-22(27-28)21-9-8-19-6-4-5-7-20(19)14-21/h4-14H,15H2,1-3H3,(H,26,29). The van der Waals surface area contributed by atoms with Crippen LogP contribution in [0.1, 0.15) is 16.7 Å². The molecule has 4 rings (SSSR count). The van der Waals surface area contributed by atoms with Crippen molar-refractivity contribution in [1.29, 1.82) is 0 Å². The minimum absolute atomic E-state index is 0.146. The first-order valence-corrected chi connectivity index (χ1v) is 9.86. The average molecular weight is 397 g/mol. The molecule has 0 spiro atoms. The Balaban J connectivity index is 1.60. The number of aryl methyl sites for hydroxylation is 3.